The molecule has 0 bridgehead atoms. The molecule has 1 saturated carbocycles. The van der Waals surface area contributed by atoms with Crippen molar-refractivity contribution in [2.75, 3.05) is 44.0 Å². The fourth-order valence-corrected chi connectivity index (χ4v) is 6.96. The predicted molar refractivity (Wildman–Crippen MR) is 162 cm³/mol. The van der Waals surface area contributed by atoms with Crippen LogP contribution in [-0.2, 0) is 6.18 Å². The molecule has 2 saturated heterocycles. The first-order valence-corrected chi connectivity index (χ1v) is 15.5. The van der Waals surface area contributed by atoms with Crippen molar-refractivity contribution in [3.63, 3.8) is 0 Å². The summed E-state index contributed by atoms with van der Waals surface area (Å²) in [6.07, 6.45) is -1.51. The molecule has 47 heavy (non-hydrogen) atoms. The van der Waals surface area contributed by atoms with Gasteiger partial charge in [-0.2, -0.15) is 33.7 Å². The lowest BCUT2D eigenvalue weighted by atomic mass is 10.0. The Hall–Kier alpha value is -4.21. The van der Waals surface area contributed by atoms with Crippen LogP contribution in [0, 0.1) is 40.3 Å². The average molecular weight is 677 g/mol. The van der Waals surface area contributed by atoms with Crippen LogP contribution in [0.3, 0.4) is 0 Å². The summed E-state index contributed by atoms with van der Waals surface area (Å²) in [6, 6.07) is 5.90. The zero-order valence-corrected chi connectivity index (χ0v) is 26.0. The molecular formula is C31H30ClF5N8O2. The zero-order chi connectivity index (χ0) is 33.6. The van der Waals surface area contributed by atoms with Crippen molar-refractivity contribution in [2.45, 2.75) is 56.5 Å². The van der Waals surface area contributed by atoms with E-state index in [9.17, 15) is 28.1 Å². The van der Waals surface area contributed by atoms with Gasteiger partial charge in [0.05, 0.1) is 48.2 Å². The number of aromatic nitrogens is 3. The van der Waals surface area contributed by atoms with Gasteiger partial charge in [-0.15, -0.1) is 0 Å². The molecule has 2 aromatic heterocycles. The van der Waals surface area contributed by atoms with Crippen LogP contribution < -0.4 is 20.1 Å². The first-order chi connectivity index (χ1) is 22.4. The molecule has 3 aromatic rings. The Labute approximate surface area is 271 Å². The molecule has 3 aliphatic heterocycles. The van der Waals surface area contributed by atoms with E-state index < -0.39 is 51.6 Å². The van der Waals surface area contributed by atoms with Gasteiger partial charge in [-0.1, -0.05) is 11.6 Å². The van der Waals surface area contributed by atoms with Gasteiger partial charge < -0.3 is 20.1 Å². The van der Waals surface area contributed by atoms with Crippen LogP contribution in [0.4, 0.5) is 33.5 Å². The minimum Gasteiger partial charge on any atom is -0.475 e. The van der Waals surface area contributed by atoms with Crippen molar-refractivity contribution in [3.8, 4) is 35.3 Å². The third kappa shape index (κ3) is 6.39. The SMILES string of the molecule is COc1nc2c3c(nc(-c4cc(N)cc(Cl)c4C(F)(F)F)c(F)c3n1)OCC(CC#N)N2CC1CC1C#N.FC1CC2CCCN2C1. The van der Waals surface area contributed by atoms with E-state index in [1.165, 1.54) is 20.0 Å². The highest BCUT2D eigenvalue weighted by Crippen LogP contribution is 2.47. The molecule has 5 atom stereocenters. The van der Waals surface area contributed by atoms with Gasteiger partial charge in [0.25, 0.3) is 0 Å². The van der Waals surface area contributed by atoms with Crippen molar-refractivity contribution < 1.29 is 31.4 Å². The van der Waals surface area contributed by atoms with Gasteiger partial charge in [-0.3, -0.25) is 4.90 Å². The number of benzene rings is 1. The Balaban J connectivity index is 0.000000366. The standard InChI is InChI=1S/C24H18ClF4N7O2.C7H12FN/c1-37-23-34-20-16-21(35-23)36(8-11-4-10(11)7-31)13(2-3-30)9-38-22(16)33-19(18(20)26)14-5-12(32)6-15(25)17(14)24(27,28)29;8-6-4-7-2-1-3-9(7)5-6/h5-6,10-11,13H,2,4,8-9,32H2,1H3;6-7H,1-5H2. The minimum absolute atomic E-state index is 0.00482. The number of nitrogens with two attached hydrogens (primary N) is 1. The number of nitriles is 2. The van der Waals surface area contributed by atoms with Crippen molar-refractivity contribution in [3.05, 3.63) is 28.5 Å². The summed E-state index contributed by atoms with van der Waals surface area (Å²) >= 11 is 5.89. The number of halogens is 6. The van der Waals surface area contributed by atoms with Crippen LogP contribution in [0.1, 0.15) is 37.7 Å². The molecule has 248 valence electrons. The molecule has 5 unspecified atom stereocenters. The smallest absolute Gasteiger partial charge is 0.418 e. The Morgan fingerprint density at radius 2 is 1.98 bits per heavy atom. The number of methoxy groups -OCH3 is 1. The number of hydrogen-bond donors (Lipinski definition) is 1. The van der Waals surface area contributed by atoms with E-state index >= 15 is 4.39 Å². The maximum atomic E-state index is 16.1. The fourth-order valence-electron chi connectivity index (χ4n) is 6.62. The summed E-state index contributed by atoms with van der Waals surface area (Å²) in [4.78, 5) is 16.6. The van der Waals surface area contributed by atoms with Gasteiger partial charge >= 0.3 is 12.2 Å². The largest absolute Gasteiger partial charge is 0.475 e. The summed E-state index contributed by atoms with van der Waals surface area (Å²) in [7, 11) is 1.26. The minimum atomic E-state index is -4.96. The molecule has 7 rings (SSSR count). The second-order valence-electron chi connectivity index (χ2n) is 12.1. The van der Waals surface area contributed by atoms with Crippen molar-refractivity contribution in [2.24, 2.45) is 11.8 Å². The molecule has 4 aliphatic rings. The number of fused-ring (bicyclic) bond motifs is 1. The lowest BCUT2D eigenvalue weighted by Gasteiger charge is -2.29. The Bertz CT molecular complexity index is 1770. The highest BCUT2D eigenvalue weighted by molar-refractivity contribution is 6.32. The zero-order valence-electron chi connectivity index (χ0n) is 25.2. The third-order valence-corrected chi connectivity index (χ3v) is 9.28. The molecule has 0 radical (unpaired) electrons. The van der Waals surface area contributed by atoms with Crippen LogP contribution in [-0.4, -0.2) is 71.5 Å². The predicted octanol–water partition coefficient (Wildman–Crippen LogP) is 5.93. The first kappa shape index (κ1) is 32.7. The van der Waals surface area contributed by atoms with Crippen LogP contribution >= 0.6 is 11.6 Å². The number of nitrogen functional groups attached to an aromatic ring is 1. The number of alkyl halides is 4. The first-order valence-electron chi connectivity index (χ1n) is 15.1. The molecular weight excluding hydrogens is 647 g/mol. The monoisotopic (exact) mass is 676 g/mol. The van der Waals surface area contributed by atoms with Gasteiger partial charge in [-0.05, 0) is 50.3 Å². The molecule has 10 nitrogen and oxygen atoms in total. The second-order valence-corrected chi connectivity index (χ2v) is 12.5. The molecule has 1 aromatic carbocycles. The van der Waals surface area contributed by atoms with E-state index in [-0.39, 0.29) is 53.6 Å². The molecule has 5 heterocycles. The summed E-state index contributed by atoms with van der Waals surface area (Å²) < 4.78 is 81.6. The number of nitrogens with zero attached hydrogens (tertiary/aromatic N) is 7. The molecule has 16 heteroatoms. The van der Waals surface area contributed by atoms with E-state index in [4.69, 9.17) is 26.8 Å². The summed E-state index contributed by atoms with van der Waals surface area (Å²) in [5.41, 5.74) is 2.49. The molecule has 3 fully saturated rings. The van der Waals surface area contributed by atoms with Crippen LogP contribution in [0.5, 0.6) is 11.9 Å². The quantitative estimate of drug-likeness (QED) is 0.256. The lowest BCUT2D eigenvalue weighted by Crippen LogP contribution is -2.40. The number of hydrogen-bond acceptors (Lipinski definition) is 10. The van der Waals surface area contributed by atoms with Gasteiger partial charge in [0, 0.05) is 30.4 Å². The Morgan fingerprint density at radius 1 is 1.19 bits per heavy atom. The maximum absolute atomic E-state index is 16.1. The molecule has 1 aliphatic carbocycles. The number of ether oxygens (including phenoxy) is 2. The maximum Gasteiger partial charge on any atom is 0.418 e. The topological polar surface area (TPSA) is 137 Å². The van der Waals surface area contributed by atoms with E-state index in [2.05, 4.69) is 32.0 Å². The highest BCUT2D eigenvalue weighted by Gasteiger charge is 2.43. The Kier molecular flexibility index (Phi) is 8.89. The van der Waals surface area contributed by atoms with Gasteiger partial charge in [0.1, 0.15) is 35.2 Å². The molecule has 0 spiro atoms. The lowest BCUT2D eigenvalue weighted by molar-refractivity contribution is -0.137. The molecule has 0 amide bonds. The van der Waals surface area contributed by atoms with Crippen molar-refractivity contribution in [1.82, 2.24) is 19.9 Å². The summed E-state index contributed by atoms with van der Waals surface area (Å²) in [5.74, 6) is -1.46. The van der Waals surface area contributed by atoms with Gasteiger partial charge in [0.15, 0.2) is 5.82 Å². The summed E-state index contributed by atoms with van der Waals surface area (Å²) in [6.45, 7) is 2.07. The van der Waals surface area contributed by atoms with E-state index in [1.807, 2.05) is 0 Å². The number of pyridine rings is 1. The normalized spacial score (nSPS) is 24.8. The van der Waals surface area contributed by atoms with Crippen molar-refractivity contribution in [1.29, 1.82) is 10.5 Å². The molecule has 2 N–H and O–H groups in total. The average Bonchev–Trinajstić information content (AvgIpc) is 3.53. The highest BCUT2D eigenvalue weighted by atomic mass is 35.5. The number of anilines is 2. The van der Waals surface area contributed by atoms with Crippen LogP contribution in [0.2, 0.25) is 5.02 Å². The fraction of sp³-hybridized carbons (Fsp3) is 0.516. The van der Waals surface area contributed by atoms with E-state index in [1.54, 1.807) is 4.90 Å². The summed E-state index contributed by atoms with van der Waals surface area (Å²) in [5, 5.41) is 18.0. The van der Waals surface area contributed by atoms with Crippen LogP contribution in [0.25, 0.3) is 22.2 Å². The van der Waals surface area contributed by atoms with Crippen LogP contribution in [0.15, 0.2) is 12.1 Å². The van der Waals surface area contributed by atoms with E-state index in [0.29, 0.717) is 25.6 Å². The Morgan fingerprint density at radius 3 is 2.64 bits per heavy atom. The second kappa shape index (κ2) is 12.8. The number of rotatable bonds is 5. The van der Waals surface area contributed by atoms with E-state index in [0.717, 1.165) is 25.1 Å². The van der Waals surface area contributed by atoms with Gasteiger partial charge in [0.2, 0.25) is 5.88 Å². The third-order valence-electron chi connectivity index (χ3n) is 8.98. The van der Waals surface area contributed by atoms with Crippen molar-refractivity contribution >= 4 is 34.0 Å². The van der Waals surface area contributed by atoms with Gasteiger partial charge in [-0.25, -0.2) is 13.8 Å².